The molecule has 1 aliphatic carbocycles. The zero-order valence-corrected chi connectivity index (χ0v) is 12.2. The number of nitrogen functional groups attached to an aromatic ring is 1. The molecule has 0 spiro atoms. The van der Waals surface area contributed by atoms with Gasteiger partial charge in [-0.25, -0.2) is 4.79 Å². The van der Waals surface area contributed by atoms with Gasteiger partial charge in [-0.05, 0) is 44.2 Å². The molecule has 0 aromatic heterocycles. The van der Waals surface area contributed by atoms with E-state index in [9.17, 15) is 4.79 Å². The summed E-state index contributed by atoms with van der Waals surface area (Å²) in [5.41, 5.74) is 6.67. The number of ether oxygens (including phenoxy) is 2. The van der Waals surface area contributed by atoms with Gasteiger partial charge in [0.05, 0.1) is 6.61 Å². The smallest absolute Gasteiger partial charge is 0.344 e. The Labute approximate surface area is 120 Å². The Morgan fingerprint density at radius 3 is 2.90 bits per heavy atom. The molecule has 0 amide bonds. The number of nitrogens with two attached hydrogens (primary N) is 1. The van der Waals surface area contributed by atoms with Gasteiger partial charge in [0.25, 0.3) is 0 Å². The summed E-state index contributed by atoms with van der Waals surface area (Å²) in [5, 5.41) is 0. The summed E-state index contributed by atoms with van der Waals surface area (Å²) in [5.74, 6) is 0.744. The average molecular weight is 277 g/mol. The predicted octanol–water partition coefficient (Wildman–Crippen LogP) is 3.40. The first-order valence-corrected chi connectivity index (χ1v) is 7.34. The number of benzene rings is 1. The molecule has 1 aromatic rings. The van der Waals surface area contributed by atoms with Gasteiger partial charge < -0.3 is 15.2 Å². The number of carbonyl (C=O) groups is 1. The SMILES string of the molecule is CCOc1cccc(N)c1C(=O)OC1CCCC(C)C1. The van der Waals surface area contributed by atoms with Crippen LogP contribution in [0.25, 0.3) is 0 Å². The van der Waals surface area contributed by atoms with Gasteiger partial charge in [0.1, 0.15) is 17.4 Å². The van der Waals surface area contributed by atoms with E-state index in [0.717, 1.165) is 19.3 Å². The van der Waals surface area contributed by atoms with Gasteiger partial charge in [0, 0.05) is 5.69 Å². The Bertz CT molecular complexity index is 473. The van der Waals surface area contributed by atoms with E-state index in [1.807, 2.05) is 6.92 Å². The summed E-state index contributed by atoms with van der Waals surface area (Å²) in [6.45, 7) is 4.56. The van der Waals surface area contributed by atoms with Crippen LogP contribution in [0.15, 0.2) is 18.2 Å². The van der Waals surface area contributed by atoms with E-state index in [-0.39, 0.29) is 12.1 Å². The van der Waals surface area contributed by atoms with Crippen LogP contribution in [-0.4, -0.2) is 18.7 Å². The van der Waals surface area contributed by atoms with Crippen LogP contribution in [0.3, 0.4) is 0 Å². The van der Waals surface area contributed by atoms with Crippen molar-refractivity contribution in [2.75, 3.05) is 12.3 Å². The standard InChI is InChI=1S/C16H23NO3/c1-3-19-14-9-5-8-13(17)15(14)16(18)20-12-7-4-6-11(2)10-12/h5,8-9,11-12H,3-4,6-7,10,17H2,1-2H3. The second kappa shape index (κ2) is 6.64. The van der Waals surface area contributed by atoms with E-state index in [2.05, 4.69) is 6.92 Å². The topological polar surface area (TPSA) is 61.5 Å². The third-order valence-electron chi connectivity index (χ3n) is 3.72. The zero-order valence-electron chi connectivity index (χ0n) is 12.2. The molecule has 110 valence electrons. The molecule has 20 heavy (non-hydrogen) atoms. The van der Waals surface area contributed by atoms with Crippen LogP contribution in [0, 0.1) is 5.92 Å². The molecule has 2 unspecified atom stereocenters. The molecule has 1 fully saturated rings. The molecule has 1 aromatic carbocycles. The van der Waals surface area contributed by atoms with Crippen LogP contribution in [0.4, 0.5) is 5.69 Å². The van der Waals surface area contributed by atoms with E-state index in [1.54, 1.807) is 18.2 Å². The van der Waals surface area contributed by atoms with Gasteiger partial charge in [-0.1, -0.05) is 19.4 Å². The minimum Gasteiger partial charge on any atom is -0.493 e. The number of hydrogen-bond acceptors (Lipinski definition) is 4. The van der Waals surface area contributed by atoms with Crippen molar-refractivity contribution in [3.8, 4) is 5.75 Å². The molecule has 0 saturated heterocycles. The minimum absolute atomic E-state index is 0.000308. The van der Waals surface area contributed by atoms with Gasteiger partial charge in [-0.3, -0.25) is 0 Å². The van der Waals surface area contributed by atoms with Crippen molar-refractivity contribution in [1.82, 2.24) is 0 Å². The molecule has 0 bridgehead atoms. The Kier molecular flexibility index (Phi) is 4.88. The average Bonchev–Trinajstić information content (AvgIpc) is 2.39. The maximum Gasteiger partial charge on any atom is 0.344 e. The molecule has 0 aliphatic heterocycles. The van der Waals surface area contributed by atoms with Crippen molar-refractivity contribution in [3.63, 3.8) is 0 Å². The summed E-state index contributed by atoms with van der Waals surface area (Å²) in [7, 11) is 0. The van der Waals surface area contributed by atoms with E-state index in [1.165, 1.54) is 6.42 Å². The highest BCUT2D eigenvalue weighted by atomic mass is 16.5. The quantitative estimate of drug-likeness (QED) is 0.676. The van der Waals surface area contributed by atoms with E-state index < -0.39 is 0 Å². The lowest BCUT2D eigenvalue weighted by atomic mass is 9.89. The molecule has 0 heterocycles. The molecule has 2 rings (SSSR count). The van der Waals surface area contributed by atoms with Crippen LogP contribution in [-0.2, 0) is 4.74 Å². The Balaban J connectivity index is 2.12. The highest BCUT2D eigenvalue weighted by Gasteiger charge is 2.25. The number of esters is 1. The molecule has 0 radical (unpaired) electrons. The summed E-state index contributed by atoms with van der Waals surface area (Å²) in [6, 6.07) is 5.22. The number of carbonyl (C=O) groups excluding carboxylic acids is 1. The fraction of sp³-hybridized carbons (Fsp3) is 0.562. The molecule has 4 nitrogen and oxygen atoms in total. The van der Waals surface area contributed by atoms with E-state index in [4.69, 9.17) is 15.2 Å². The lowest BCUT2D eigenvalue weighted by molar-refractivity contribution is 0.0153. The van der Waals surface area contributed by atoms with Crippen LogP contribution >= 0.6 is 0 Å². The van der Waals surface area contributed by atoms with Crippen molar-refractivity contribution < 1.29 is 14.3 Å². The van der Waals surface area contributed by atoms with Gasteiger partial charge in [-0.15, -0.1) is 0 Å². The molecule has 4 heteroatoms. The van der Waals surface area contributed by atoms with Gasteiger partial charge in [-0.2, -0.15) is 0 Å². The lowest BCUT2D eigenvalue weighted by Gasteiger charge is -2.26. The fourth-order valence-corrected chi connectivity index (χ4v) is 2.74. The first-order chi connectivity index (χ1) is 9.61. The first-order valence-electron chi connectivity index (χ1n) is 7.34. The number of hydrogen-bond donors (Lipinski definition) is 1. The maximum absolute atomic E-state index is 12.4. The molecule has 2 N–H and O–H groups in total. The van der Waals surface area contributed by atoms with Crippen molar-refractivity contribution >= 4 is 11.7 Å². The Morgan fingerprint density at radius 2 is 2.20 bits per heavy atom. The van der Waals surface area contributed by atoms with E-state index >= 15 is 0 Å². The molecular weight excluding hydrogens is 254 g/mol. The van der Waals surface area contributed by atoms with Crippen LogP contribution in [0.1, 0.15) is 49.9 Å². The van der Waals surface area contributed by atoms with Crippen molar-refractivity contribution in [2.45, 2.75) is 45.6 Å². The highest BCUT2D eigenvalue weighted by Crippen LogP contribution is 2.30. The molecule has 1 aliphatic rings. The summed E-state index contributed by atoms with van der Waals surface area (Å²) < 4.78 is 11.1. The summed E-state index contributed by atoms with van der Waals surface area (Å²) in [6.07, 6.45) is 4.20. The summed E-state index contributed by atoms with van der Waals surface area (Å²) in [4.78, 5) is 12.4. The van der Waals surface area contributed by atoms with Crippen LogP contribution in [0.2, 0.25) is 0 Å². The largest absolute Gasteiger partial charge is 0.493 e. The molecular formula is C16H23NO3. The number of rotatable bonds is 4. The van der Waals surface area contributed by atoms with Crippen molar-refractivity contribution in [3.05, 3.63) is 23.8 Å². The van der Waals surface area contributed by atoms with Gasteiger partial charge in [0.2, 0.25) is 0 Å². The third-order valence-corrected chi connectivity index (χ3v) is 3.72. The predicted molar refractivity (Wildman–Crippen MR) is 78.9 cm³/mol. The zero-order chi connectivity index (χ0) is 14.5. The second-order valence-corrected chi connectivity index (χ2v) is 5.45. The van der Waals surface area contributed by atoms with Crippen LogP contribution in [0.5, 0.6) is 5.75 Å². The third kappa shape index (κ3) is 3.44. The van der Waals surface area contributed by atoms with E-state index in [0.29, 0.717) is 29.5 Å². The lowest BCUT2D eigenvalue weighted by Crippen LogP contribution is -2.25. The van der Waals surface area contributed by atoms with Crippen LogP contribution < -0.4 is 10.5 Å². The second-order valence-electron chi connectivity index (χ2n) is 5.45. The van der Waals surface area contributed by atoms with Crippen molar-refractivity contribution in [1.29, 1.82) is 0 Å². The first kappa shape index (κ1) is 14.7. The molecule has 2 atom stereocenters. The normalized spacial score (nSPS) is 22.3. The van der Waals surface area contributed by atoms with Crippen molar-refractivity contribution in [2.24, 2.45) is 5.92 Å². The maximum atomic E-state index is 12.4. The van der Waals surface area contributed by atoms with Gasteiger partial charge >= 0.3 is 5.97 Å². The minimum atomic E-state index is -0.370. The van der Waals surface area contributed by atoms with Gasteiger partial charge in [0.15, 0.2) is 0 Å². The Hall–Kier alpha value is -1.71. The molecule has 1 saturated carbocycles. The number of anilines is 1. The highest BCUT2D eigenvalue weighted by molar-refractivity contribution is 5.98. The summed E-state index contributed by atoms with van der Waals surface area (Å²) >= 11 is 0. The Morgan fingerprint density at radius 1 is 1.40 bits per heavy atom. The fourth-order valence-electron chi connectivity index (χ4n) is 2.74. The monoisotopic (exact) mass is 277 g/mol.